The van der Waals surface area contributed by atoms with Crippen LogP contribution in [0.25, 0.3) is 0 Å². The van der Waals surface area contributed by atoms with Crippen LogP contribution in [0.1, 0.15) is 10.4 Å². The number of carbonyl (C=O) groups is 2. The maximum absolute atomic E-state index is 12.0. The van der Waals surface area contributed by atoms with Gasteiger partial charge in [0.15, 0.2) is 6.61 Å². The molecule has 0 unspecified atom stereocenters. The molecule has 1 N–H and O–H groups in total. The first-order valence-electron chi connectivity index (χ1n) is 7.08. The number of rotatable bonds is 6. The molecular formula is C17H15Cl2NO5. The van der Waals surface area contributed by atoms with Gasteiger partial charge in [-0.1, -0.05) is 23.2 Å². The van der Waals surface area contributed by atoms with E-state index in [0.29, 0.717) is 27.2 Å². The third-order valence-corrected chi connectivity index (χ3v) is 3.55. The molecule has 0 saturated heterocycles. The predicted octanol–water partition coefficient (Wildman–Crippen LogP) is 3.81. The number of methoxy groups -OCH3 is 2. The van der Waals surface area contributed by atoms with Crippen molar-refractivity contribution in [1.82, 2.24) is 0 Å². The number of ether oxygens (including phenoxy) is 3. The van der Waals surface area contributed by atoms with Gasteiger partial charge in [0.25, 0.3) is 5.91 Å². The summed E-state index contributed by atoms with van der Waals surface area (Å²) in [5.41, 5.74) is 0.554. The van der Waals surface area contributed by atoms with Crippen LogP contribution < -0.4 is 14.8 Å². The van der Waals surface area contributed by atoms with Crippen LogP contribution in [0.2, 0.25) is 10.0 Å². The monoisotopic (exact) mass is 383 g/mol. The SMILES string of the molecule is COc1ccc(OC)c(NC(=O)COC(=O)c2cc(Cl)cc(Cl)c2)c1. The number of nitrogens with one attached hydrogen (secondary N) is 1. The van der Waals surface area contributed by atoms with E-state index in [4.69, 9.17) is 37.4 Å². The molecule has 0 fully saturated rings. The van der Waals surface area contributed by atoms with Crippen molar-refractivity contribution in [2.45, 2.75) is 0 Å². The largest absolute Gasteiger partial charge is 0.497 e. The molecule has 0 spiro atoms. The predicted molar refractivity (Wildman–Crippen MR) is 94.9 cm³/mol. The lowest BCUT2D eigenvalue weighted by Gasteiger charge is -2.12. The van der Waals surface area contributed by atoms with Crippen molar-refractivity contribution in [3.05, 3.63) is 52.0 Å². The molecule has 0 aromatic heterocycles. The number of halogens is 2. The molecule has 0 bridgehead atoms. The van der Waals surface area contributed by atoms with Crippen molar-refractivity contribution in [1.29, 1.82) is 0 Å². The normalized spacial score (nSPS) is 10.1. The fourth-order valence-electron chi connectivity index (χ4n) is 1.98. The summed E-state index contributed by atoms with van der Waals surface area (Å²) in [6.45, 7) is -0.483. The first-order chi connectivity index (χ1) is 11.9. The van der Waals surface area contributed by atoms with Gasteiger partial charge >= 0.3 is 5.97 Å². The van der Waals surface area contributed by atoms with Crippen LogP contribution in [-0.4, -0.2) is 32.7 Å². The number of anilines is 1. The molecule has 1 amide bonds. The molecule has 0 radical (unpaired) electrons. The smallest absolute Gasteiger partial charge is 0.338 e. The van der Waals surface area contributed by atoms with E-state index in [1.807, 2.05) is 0 Å². The van der Waals surface area contributed by atoms with Crippen LogP contribution >= 0.6 is 23.2 Å². The maximum Gasteiger partial charge on any atom is 0.338 e. The van der Waals surface area contributed by atoms with Crippen LogP contribution in [0.5, 0.6) is 11.5 Å². The van der Waals surface area contributed by atoms with Gasteiger partial charge in [-0.3, -0.25) is 4.79 Å². The van der Waals surface area contributed by atoms with Crippen LogP contribution in [0.4, 0.5) is 5.69 Å². The van der Waals surface area contributed by atoms with Crippen molar-refractivity contribution >= 4 is 40.8 Å². The number of hydrogen-bond acceptors (Lipinski definition) is 5. The van der Waals surface area contributed by atoms with E-state index in [9.17, 15) is 9.59 Å². The summed E-state index contributed by atoms with van der Waals surface area (Å²) in [7, 11) is 2.98. The van der Waals surface area contributed by atoms with Crippen molar-refractivity contribution in [3.8, 4) is 11.5 Å². The van der Waals surface area contributed by atoms with E-state index in [1.54, 1.807) is 18.2 Å². The zero-order chi connectivity index (χ0) is 18.4. The number of amides is 1. The second kappa shape index (κ2) is 8.60. The summed E-state index contributed by atoms with van der Waals surface area (Å²) in [4.78, 5) is 24.0. The minimum absolute atomic E-state index is 0.157. The van der Waals surface area contributed by atoms with Crippen LogP contribution in [0.3, 0.4) is 0 Å². The van der Waals surface area contributed by atoms with E-state index < -0.39 is 18.5 Å². The molecular weight excluding hydrogens is 369 g/mol. The minimum atomic E-state index is -0.711. The Morgan fingerprint density at radius 2 is 1.68 bits per heavy atom. The zero-order valence-electron chi connectivity index (χ0n) is 13.5. The fourth-order valence-corrected chi connectivity index (χ4v) is 2.51. The second-order valence-corrected chi connectivity index (χ2v) is 5.72. The topological polar surface area (TPSA) is 73.9 Å². The molecule has 132 valence electrons. The minimum Gasteiger partial charge on any atom is -0.497 e. The molecule has 25 heavy (non-hydrogen) atoms. The quantitative estimate of drug-likeness (QED) is 0.767. The van der Waals surface area contributed by atoms with Gasteiger partial charge < -0.3 is 19.5 Å². The van der Waals surface area contributed by atoms with Gasteiger partial charge in [0, 0.05) is 16.1 Å². The van der Waals surface area contributed by atoms with Crippen molar-refractivity contribution in [2.75, 3.05) is 26.1 Å². The Morgan fingerprint density at radius 1 is 1.00 bits per heavy atom. The Bertz CT molecular complexity index is 774. The Kier molecular flexibility index (Phi) is 6.50. The molecule has 2 aromatic rings. The summed E-state index contributed by atoms with van der Waals surface area (Å²) in [6.07, 6.45) is 0. The fraction of sp³-hybridized carbons (Fsp3) is 0.176. The molecule has 0 aliphatic carbocycles. The molecule has 0 aliphatic rings. The first-order valence-corrected chi connectivity index (χ1v) is 7.83. The van der Waals surface area contributed by atoms with Crippen LogP contribution in [-0.2, 0) is 9.53 Å². The van der Waals surface area contributed by atoms with Gasteiger partial charge in [0.1, 0.15) is 11.5 Å². The third kappa shape index (κ3) is 5.27. The van der Waals surface area contributed by atoms with E-state index in [2.05, 4.69) is 5.32 Å². The van der Waals surface area contributed by atoms with E-state index in [1.165, 1.54) is 32.4 Å². The average molecular weight is 384 g/mol. The Balaban J connectivity index is 2.00. The van der Waals surface area contributed by atoms with Crippen LogP contribution in [0, 0.1) is 0 Å². The van der Waals surface area contributed by atoms with Gasteiger partial charge in [0.2, 0.25) is 0 Å². The number of carbonyl (C=O) groups excluding carboxylic acids is 2. The molecule has 0 aliphatic heterocycles. The molecule has 8 heteroatoms. The molecule has 0 heterocycles. The number of benzene rings is 2. The summed E-state index contributed by atoms with van der Waals surface area (Å²) in [6, 6.07) is 9.22. The lowest BCUT2D eigenvalue weighted by atomic mass is 10.2. The summed E-state index contributed by atoms with van der Waals surface area (Å²) in [5, 5.41) is 3.19. The number of esters is 1. The average Bonchev–Trinajstić information content (AvgIpc) is 2.58. The van der Waals surface area contributed by atoms with E-state index in [0.717, 1.165) is 0 Å². The first kappa shape index (κ1) is 18.9. The lowest BCUT2D eigenvalue weighted by Crippen LogP contribution is -2.21. The molecule has 2 rings (SSSR count). The highest BCUT2D eigenvalue weighted by molar-refractivity contribution is 6.35. The zero-order valence-corrected chi connectivity index (χ0v) is 15.0. The van der Waals surface area contributed by atoms with Crippen LogP contribution in [0.15, 0.2) is 36.4 Å². The standard InChI is InChI=1S/C17H15Cl2NO5/c1-23-13-3-4-15(24-2)14(8-13)20-16(21)9-25-17(22)10-5-11(18)7-12(19)6-10/h3-8H,9H2,1-2H3,(H,20,21). The van der Waals surface area contributed by atoms with Gasteiger partial charge in [-0.15, -0.1) is 0 Å². The summed E-state index contributed by atoms with van der Waals surface area (Å²) in [5.74, 6) is -0.256. The highest BCUT2D eigenvalue weighted by Crippen LogP contribution is 2.28. The lowest BCUT2D eigenvalue weighted by molar-refractivity contribution is -0.119. The van der Waals surface area contributed by atoms with Crippen molar-refractivity contribution in [3.63, 3.8) is 0 Å². The third-order valence-electron chi connectivity index (χ3n) is 3.11. The molecule has 2 aromatic carbocycles. The Labute approximate surface area is 154 Å². The van der Waals surface area contributed by atoms with Gasteiger partial charge in [-0.2, -0.15) is 0 Å². The van der Waals surface area contributed by atoms with Crippen molar-refractivity contribution in [2.24, 2.45) is 0 Å². The van der Waals surface area contributed by atoms with Gasteiger partial charge in [0.05, 0.1) is 25.5 Å². The van der Waals surface area contributed by atoms with Crippen molar-refractivity contribution < 1.29 is 23.8 Å². The Hall–Kier alpha value is -2.44. The maximum atomic E-state index is 12.0. The summed E-state index contributed by atoms with van der Waals surface area (Å²) < 4.78 is 15.2. The highest BCUT2D eigenvalue weighted by atomic mass is 35.5. The molecule has 6 nitrogen and oxygen atoms in total. The van der Waals surface area contributed by atoms with Gasteiger partial charge in [-0.25, -0.2) is 4.79 Å². The summed E-state index contributed by atoms with van der Waals surface area (Å²) >= 11 is 11.7. The highest BCUT2D eigenvalue weighted by Gasteiger charge is 2.14. The molecule has 0 atom stereocenters. The Morgan fingerprint density at radius 3 is 2.28 bits per heavy atom. The van der Waals surface area contributed by atoms with E-state index in [-0.39, 0.29) is 5.56 Å². The molecule has 0 saturated carbocycles. The van der Waals surface area contributed by atoms with E-state index >= 15 is 0 Å². The second-order valence-electron chi connectivity index (χ2n) is 4.85. The van der Waals surface area contributed by atoms with Gasteiger partial charge in [-0.05, 0) is 30.3 Å². The number of hydrogen-bond donors (Lipinski definition) is 1.